The Morgan fingerprint density at radius 3 is 2.47 bits per heavy atom. The van der Waals surface area contributed by atoms with Crippen LogP contribution < -0.4 is 10.1 Å². The van der Waals surface area contributed by atoms with Crippen LogP contribution in [0.2, 0.25) is 0 Å². The minimum atomic E-state index is -0.341. The van der Waals surface area contributed by atoms with Gasteiger partial charge in [-0.2, -0.15) is 0 Å². The largest absolute Gasteiger partial charge is 0.497 e. The quantitative estimate of drug-likeness (QED) is 0.157. The van der Waals surface area contributed by atoms with Crippen LogP contribution in [0.1, 0.15) is 72.0 Å². The van der Waals surface area contributed by atoms with E-state index < -0.39 is 0 Å². The number of amides is 1. The average molecular weight is 529 g/mol. The molecule has 4 aromatic rings. The first-order valence-electron chi connectivity index (χ1n) is 13.2. The molecule has 38 heavy (non-hydrogen) atoms. The lowest BCUT2D eigenvalue weighted by Gasteiger charge is -2.17. The number of nitrogens with zero attached hydrogens (tertiary/aromatic N) is 3. The molecule has 6 nitrogen and oxygen atoms in total. The topological polar surface area (TPSA) is 69.0 Å². The van der Waals surface area contributed by atoms with E-state index in [1.165, 1.54) is 30.4 Å². The average Bonchev–Trinajstić information content (AvgIpc) is 3.37. The summed E-state index contributed by atoms with van der Waals surface area (Å²) < 4.78 is 7.40. The van der Waals surface area contributed by atoms with Crippen LogP contribution in [0.3, 0.4) is 0 Å². The van der Waals surface area contributed by atoms with Crippen LogP contribution in [-0.4, -0.2) is 27.8 Å². The number of carbonyl (C=O) groups excluding carboxylic acids is 1. The van der Waals surface area contributed by atoms with E-state index in [1.807, 2.05) is 41.8 Å². The molecule has 0 fully saturated rings. The van der Waals surface area contributed by atoms with Gasteiger partial charge in [0, 0.05) is 17.0 Å². The monoisotopic (exact) mass is 528 g/mol. The van der Waals surface area contributed by atoms with Crippen molar-refractivity contribution in [3.05, 3.63) is 101 Å². The third-order valence-corrected chi connectivity index (χ3v) is 7.47. The van der Waals surface area contributed by atoms with E-state index in [4.69, 9.17) is 4.74 Å². The molecule has 198 valence electrons. The molecule has 1 atom stereocenters. The maximum atomic E-state index is 13.1. The number of hydrogen-bond donors (Lipinski definition) is 1. The minimum Gasteiger partial charge on any atom is -0.497 e. The fourth-order valence-electron chi connectivity index (χ4n) is 4.25. The number of hydrogen-bond acceptors (Lipinski definition) is 5. The van der Waals surface area contributed by atoms with Crippen LogP contribution in [-0.2, 0) is 12.2 Å². The smallest absolute Gasteiger partial charge is 0.251 e. The Morgan fingerprint density at radius 1 is 1.00 bits per heavy atom. The summed E-state index contributed by atoms with van der Waals surface area (Å²) in [6, 6.07) is 23.9. The summed E-state index contributed by atoms with van der Waals surface area (Å²) >= 11 is 1.60. The zero-order valence-corrected chi connectivity index (χ0v) is 23.4. The number of aromatic nitrogens is 3. The first-order valence-corrected chi connectivity index (χ1v) is 14.1. The zero-order chi connectivity index (χ0) is 26.9. The van der Waals surface area contributed by atoms with Gasteiger partial charge in [-0.3, -0.25) is 9.36 Å². The van der Waals surface area contributed by atoms with Crippen molar-refractivity contribution in [3.63, 3.8) is 0 Å². The maximum Gasteiger partial charge on any atom is 0.251 e. The standard InChI is InChI=1S/C31H36N4O2S/c1-5-6-7-9-24-14-16-26(17-15-24)30(36)32-23(3)29-33-34-31(35(29)27-18-12-22(2)13-19-27)38-21-25-10-8-11-28(20-25)37-4/h8,10-20,23H,5-7,9,21H2,1-4H3,(H,32,36). The second kappa shape index (κ2) is 13.3. The number of aryl methyl sites for hydroxylation is 2. The normalized spacial score (nSPS) is 11.8. The summed E-state index contributed by atoms with van der Waals surface area (Å²) in [6.45, 7) is 6.21. The fraction of sp³-hybridized carbons (Fsp3) is 0.323. The van der Waals surface area contributed by atoms with E-state index in [9.17, 15) is 4.79 Å². The first kappa shape index (κ1) is 27.5. The Balaban J connectivity index is 1.52. The molecule has 0 aliphatic heterocycles. The van der Waals surface area contributed by atoms with E-state index in [-0.39, 0.29) is 11.9 Å². The van der Waals surface area contributed by atoms with Gasteiger partial charge in [-0.15, -0.1) is 10.2 Å². The molecular weight excluding hydrogens is 492 g/mol. The Labute approximate surface area is 229 Å². The van der Waals surface area contributed by atoms with Crippen molar-refractivity contribution in [1.82, 2.24) is 20.1 Å². The number of nitrogens with one attached hydrogen (secondary N) is 1. The van der Waals surface area contributed by atoms with Crippen LogP contribution in [0.15, 0.2) is 78.0 Å². The highest BCUT2D eigenvalue weighted by molar-refractivity contribution is 7.98. The van der Waals surface area contributed by atoms with Gasteiger partial charge in [0.25, 0.3) is 5.91 Å². The van der Waals surface area contributed by atoms with Crippen LogP contribution in [0, 0.1) is 6.92 Å². The number of rotatable bonds is 12. The van der Waals surface area contributed by atoms with Gasteiger partial charge in [-0.25, -0.2) is 0 Å². The summed E-state index contributed by atoms with van der Waals surface area (Å²) in [6.07, 6.45) is 4.64. The lowest BCUT2D eigenvalue weighted by atomic mass is 10.0. The summed E-state index contributed by atoms with van der Waals surface area (Å²) in [5.74, 6) is 2.11. The van der Waals surface area contributed by atoms with E-state index in [0.29, 0.717) is 17.1 Å². The molecule has 1 aromatic heterocycles. The number of thioether (sulfide) groups is 1. The Bertz CT molecular complexity index is 1330. The van der Waals surface area contributed by atoms with Gasteiger partial charge in [0.15, 0.2) is 11.0 Å². The number of methoxy groups -OCH3 is 1. The minimum absolute atomic E-state index is 0.123. The highest BCUT2D eigenvalue weighted by Gasteiger charge is 2.22. The summed E-state index contributed by atoms with van der Waals surface area (Å²) in [5, 5.41) is 12.9. The first-order chi connectivity index (χ1) is 18.5. The molecule has 1 unspecified atom stereocenters. The van der Waals surface area contributed by atoms with Gasteiger partial charge in [0.1, 0.15) is 5.75 Å². The van der Waals surface area contributed by atoms with Gasteiger partial charge in [-0.1, -0.05) is 73.5 Å². The Morgan fingerprint density at radius 2 is 1.76 bits per heavy atom. The lowest BCUT2D eigenvalue weighted by molar-refractivity contribution is 0.0938. The van der Waals surface area contributed by atoms with Crippen molar-refractivity contribution in [2.75, 3.05) is 7.11 Å². The van der Waals surface area contributed by atoms with Crippen LogP contribution >= 0.6 is 11.8 Å². The van der Waals surface area contributed by atoms with Crippen molar-refractivity contribution in [2.45, 2.75) is 63.4 Å². The van der Waals surface area contributed by atoms with E-state index in [2.05, 4.69) is 71.8 Å². The number of ether oxygens (including phenoxy) is 1. The highest BCUT2D eigenvalue weighted by Crippen LogP contribution is 2.29. The molecule has 0 radical (unpaired) electrons. The number of benzene rings is 3. The second-order valence-corrected chi connectivity index (χ2v) is 10.4. The summed E-state index contributed by atoms with van der Waals surface area (Å²) in [7, 11) is 1.67. The SMILES string of the molecule is CCCCCc1ccc(C(=O)NC(C)c2nnc(SCc3cccc(OC)c3)n2-c2ccc(C)cc2)cc1. The number of carbonyl (C=O) groups is 1. The molecule has 0 saturated carbocycles. The molecule has 0 bridgehead atoms. The zero-order valence-electron chi connectivity index (χ0n) is 22.6. The molecule has 4 rings (SSSR count). The van der Waals surface area contributed by atoms with E-state index in [0.717, 1.165) is 28.6 Å². The van der Waals surface area contributed by atoms with Crippen molar-refractivity contribution in [3.8, 4) is 11.4 Å². The second-order valence-electron chi connectivity index (χ2n) is 9.50. The predicted molar refractivity (Wildman–Crippen MR) is 154 cm³/mol. The van der Waals surface area contributed by atoms with Crippen LogP contribution in [0.4, 0.5) is 0 Å². The third-order valence-electron chi connectivity index (χ3n) is 6.47. The lowest BCUT2D eigenvalue weighted by Crippen LogP contribution is -2.28. The van der Waals surface area contributed by atoms with Gasteiger partial charge in [0.2, 0.25) is 0 Å². The molecule has 0 aliphatic rings. The molecule has 3 aromatic carbocycles. The highest BCUT2D eigenvalue weighted by atomic mass is 32.2. The Hall–Kier alpha value is -3.58. The molecule has 0 spiro atoms. The molecule has 7 heteroatoms. The summed E-state index contributed by atoms with van der Waals surface area (Å²) in [5.41, 5.74) is 5.17. The fourth-order valence-corrected chi connectivity index (χ4v) is 5.15. The molecule has 0 saturated heterocycles. The van der Waals surface area contributed by atoms with Gasteiger partial charge in [0.05, 0.1) is 13.2 Å². The molecule has 1 N–H and O–H groups in total. The van der Waals surface area contributed by atoms with Crippen molar-refractivity contribution >= 4 is 17.7 Å². The molecule has 1 heterocycles. The third kappa shape index (κ3) is 7.04. The number of unbranched alkanes of at least 4 members (excludes halogenated alkanes) is 2. The molecular formula is C31H36N4O2S. The predicted octanol–water partition coefficient (Wildman–Crippen LogP) is 7.10. The van der Waals surface area contributed by atoms with Crippen molar-refractivity contribution in [1.29, 1.82) is 0 Å². The summed E-state index contributed by atoms with van der Waals surface area (Å²) in [4.78, 5) is 13.1. The Kier molecular flexibility index (Phi) is 9.60. The maximum absolute atomic E-state index is 13.1. The van der Waals surface area contributed by atoms with E-state index >= 15 is 0 Å². The van der Waals surface area contributed by atoms with Crippen LogP contribution in [0.25, 0.3) is 5.69 Å². The van der Waals surface area contributed by atoms with Crippen molar-refractivity contribution < 1.29 is 9.53 Å². The van der Waals surface area contributed by atoms with Crippen molar-refractivity contribution in [2.24, 2.45) is 0 Å². The van der Waals surface area contributed by atoms with Gasteiger partial charge in [-0.05, 0) is 74.2 Å². The molecule has 0 aliphatic carbocycles. The van der Waals surface area contributed by atoms with Gasteiger partial charge >= 0.3 is 0 Å². The van der Waals surface area contributed by atoms with Crippen LogP contribution in [0.5, 0.6) is 5.75 Å². The molecule has 1 amide bonds. The van der Waals surface area contributed by atoms with Gasteiger partial charge < -0.3 is 10.1 Å². The van der Waals surface area contributed by atoms with E-state index in [1.54, 1.807) is 18.9 Å².